The molecular weight excluding hydrogens is 424 g/mol. The van der Waals surface area contributed by atoms with E-state index in [1.807, 2.05) is 6.92 Å². The highest BCUT2D eigenvalue weighted by Gasteiger charge is 2.44. The van der Waals surface area contributed by atoms with Crippen LogP contribution in [0.3, 0.4) is 0 Å². The van der Waals surface area contributed by atoms with Gasteiger partial charge in [0.05, 0.1) is 31.6 Å². The van der Waals surface area contributed by atoms with Crippen molar-refractivity contribution in [3.05, 3.63) is 59.3 Å². The van der Waals surface area contributed by atoms with E-state index in [1.54, 1.807) is 29.2 Å². The Labute approximate surface area is 193 Å². The van der Waals surface area contributed by atoms with Crippen molar-refractivity contribution in [3.63, 3.8) is 0 Å². The average Bonchev–Trinajstić information content (AvgIpc) is 3.46. The molecule has 8 heteroatoms. The molecule has 1 aromatic carbocycles. The third-order valence-electron chi connectivity index (χ3n) is 6.20. The number of piperidine rings is 1. The number of nitrogens with zero attached hydrogens (tertiary/aromatic N) is 2. The number of aliphatic hydroxyl groups excluding tert-OH is 1. The van der Waals surface area contributed by atoms with Gasteiger partial charge in [0.15, 0.2) is 23.0 Å². The number of hydrogen-bond acceptors (Lipinski definition) is 7. The summed E-state index contributed by atoms with van der Waals surface area (Å²) >= 11 is 0. The first-order valence-corrected chi connectivity index (χ1v) is 11.4. The Morgan fingerprint density at radius 3 is 2.61 bits per heavy atom. The van der Waals surface area contributed by atoms with Crippen LogP contribution in [0, 0.1) is 0 Å². The standard InChI is InChI=1S/C25H30N2O6/c1-3-32-18-10-9-17(16-20(18)31-2)22-21(23(28)19-8-7-15-33-19)24(29)25(30)27(22)14-13-26-11-5-4-6-12-26/h7-10,15-16,22,29H,3-6,11-14H2,1-2H3. The maximum atomic E-state index is 13.3. The van der Waals surface area contributed by atoms with Gasteiger partial charge in [0.2, 0.25) is 5.78 Å². The van der Waals surface area contributed by atoms with Crippen molar-refractivity contribution in [1.82, 2.24) is 9.80 Å². The fraction of sp³-hybridized carbons (Fsp3) is 0.440. The van der Waals surface area contributed by atoms with Crippen molar-refractivity contribution < 1.29 is 28.6 Å². The van der Waals surface area contributed by atoms with Gasteiger partial charge in [-0.05, 0) is 62.7 Å². The summed E-state index contributed by atoms with van der Waals surface area (Å²) in [5.74, 6) is -0.462. The van der Waals surface area contributed by atoms with Gasteiger partial charge in [-0.2, -0.15) is 0 Å². The highest BCUT2D eigenvalue weighted by atomic mass is 16.5. The minimum atomic E-state index is -0.760. The number of benzene rings is 1. The smallest absolute Gasteiger partial charge is 0.290 e. The van der Waals surface area contributed by atoms with Crippen molar-refractivity contribution in [1.29, 1.82) is 0 Å². The van der Waals surface area contributed by atoms with E-state index in [2.05, 4.69) is 4.90 Å². The minimum Gasteiger partial charge on any atom is -0.503 e. The molecule has 1 aromatic heterocycles. The second kappa shape index (κ2) is 10.1. The van der Waals surface area contributed by atoms with Crippen molar-refractivity contribution in [2.45, 2.75) is 32.2 Å². The molecule has 1 N–H and O–H groups in total. The van der Waals surface area contributed by atoms with Crippen LogP contribution in [0.5, 0.6) is 11.5 Å². The SMILES string of the molecule is CCOc1ccc(C2C(C(=O)c3ccco3)=C(O)C(=O)N2CCN2CCCCC2)cc1OC. The number of amides is 1. The van der Waals surface area contributed by atoms with Crippen LogP contribution in [0.1, 0.15) is 48.3 Å². The lowest BCUT2D eigenvalue weighted by atomic mass is 9.94. The number of ether oxygens (including phenoxy) is 2. The summed E-state index contributed by atoms with van der Waals surface area (Å²) in [6, 6.07) is 7.68. The first-order chi connectivity index (χ1) is 16.0. The zero-order valence-electron chi connectivity index (χ0n) is 19.1. The molecule has 0 bridgehead atoms. The third kappa shape index (κ3) is 4.61. The van der Waals surface area contributed by atoms with Crippen molar-refractivity contribution in [2.24, 2.45) is 0 Å². The van der Waals surface area contributed by atoms with Gasteiger partial charge in [-0.15, -0.1) is 0 Å². The fourth-order valence-corrected chi connectivity index (χ4v) is 4.56. The van der Waals surface area contributed by atoms with Gasteiger partial charge >= 0.3 is 0 Å². The Kier molecular flexibility index (Phi) is 7.03. The second-order valence-corrected chi connectivity index (χ2v) is 8.22. The number of hydrogen-bond donors (Lipinski definition) is 1. The molecule has 0 saturated carbocycles. The van der Waals surface area contributed by atoms with E-state index in [4.69, 9.17) is 13.9 Å². The van der Waals surface area contributed by atoms with Gasteiger partial charge in [0.25, 0.3) is 5.91 Å². The summed E-state index contributed by atoms with van der Waals surface area (Å²) in [4.78, 5) is 30.3. The molecule has 1 unspecified atom stereocenters. The van der Waals surface area contributed by atoms with Crippen LogP contribution < -0.4 is 9.47 Å². The molecule has 33 heavy (non-hydrogen) atoms. The molecule has 2 aromatic rings. The van der Waals surface area contributed by atoms with E-state index in [9.17, 15) is 14.7 Å². The normalized spacial score (nSPS) is 19.3. The number of methoxy groups -OCH3 is 1. The predicted octanol–water partition coefficient (Wildman–Crippen LogP) is 3.75. The number of carbonyl (C=O) groups is 2. The lowest BCUT2D eigenvalue weighted by molar-refractivity contribution is -0.129. The van der Waals surface area contributed by atoms with Gasteiger partial charge in [0, 0.05) is 13.1 Å². The number of likely N-dealkylation sites (tertiary alicyclic amines) is 1. The molecule has 1 amide bonds. The summed E-state index contributed by atoms with van der Waals surface area (Å²) in [6.45, 7) is 5.39. The van der Waals surface area contributed by atoms with E-state index in [-0.39, 0.29) is 11.3 Å². The number of rotatable bonds is 9. The number of carbonyl (C=O) groups excluding carboxylic acids is 2. The Morgan fingerprint density at radius 2 is 1.94 bits per heavy atom. The van der Waals surface area contributed by atoms with E-state index in [0.717, 1.165) is 25.9 Å². The summed E-state index contributed by atoms with van der Waals surface area (Å²) < 4.78 is 16.4. The molecule has 1 saturated heterocycles. The Morgan fingerprint density at radius 1 is 1.15 bits per heavy atom. The molecule has 2 aliphatic rings. The van der Waals surface area contributed by atoms with Crippen LogP contribution in [0.4, 0.5) is 0 Å². The Hall–Kier alpha value is -3.26. The van der Waals surface area contributed by atoms with E-state index in [1.165, 1.54) is 25.9 Å². The van der Waals surface area contributed by atoms with E-state index >= 15 is 0 Å². The summed E-state index contributed by atoms with van der Waals surface area (Å²) in [5, 5.41) is 10.8. The van der Waals surface area contributed by atoms with Gasteiger partial charge in [0.1, 0.15) is 0 Å². The molecule has 1 fully saturated rings. The molecule has 0 aliphatic carbocycles. The number of ketones is 1. The van der Waals surface area contributed by atoms with Crippen molar-refractivity contribution >= 4 is 11.7 Å². The largest absolute Gasteiger partial charge is 0.503 e. The molecule has 8 nitrogen and oxygen atoms in total. The molecule has 0 spiro atoms. The Balaban J connectivity index is 1.70. The van der Waals surface area contributed by atoms with Crippen LogP contribution in [-0.2, 0) is 4.79 Å². The molecule has 176 valence electrons. The molecule has 4 rings (SSSR count). The average molecular weight is 455 g/mol. The Bertz CT molecular complexity index is 1020. The first-order valence-electron chi connectivity index (χ1n) is 11.4. The maximum Gasteiger partial charge on any atom is 0.290 e. The predicted molar refractivity (Wildman–Crippen MR) is 122 cm³/mol. The van der Waals surface area contributed by atoms with Crippen LogP contribution in [0.25, 0.3) is 0 Å². The summed E-state index contributed by atoms with van der Waals surface area (Å²) in [7, 11) is 1.54. The van der Waals surface area contributed by atoms with Gasteiger partial charge < -0.3 is 28.8 Å². The molecular formula is C25H30N2O6. The zero-order valence-corrected chi connectivity index (χ0v) is 19.1. The maximum absolute atomic E-state index is 13.3. The summed E-state index contributed by atoms with van der Waals surface area (Å²) in [5.41, 5.74) is 0.668. The van der Waals surface area contributed by atoms with Gasteiger partial charge in [-0.1, -0.05) is 12.5 Å². The monoisotopic (exact) mass is 454 g/mol. The van der Waals surface area contributed by atoms with Gasteiger partial charge in [-0.3, -0.25) is 9.59 Å². The van der Waals surface area contributed by atoms with Crippen molar-refractivity contribution in [2.75, 3.05) is 39.9 Å². The molecule has 3 heterocycles. The minimum absolute atomic E-state index is 0.0137. The molecule has 0 radical (unpaired) electrons. The highest BCUT2D eigenvalue weighted by molar-refractivity contribution is 6.15. The van der Waals surface area contributed by atoms with E-state index in [0.29, 0.717) is 36.8 Å². The van der Waals surface area contributed by atoms with Crippen LogP contribution in [0.15, 0.2) is 52.3 Å². The van der Waals surface area contributed by atoms with Crippen LogP contribution in [-0.4, -0.2) is 66.5 Å². The van der Waals surface area contributed by atoms with Crippen LogP contribution >= 0.6 is 0 Å². The highest BCUT2D eigenvalue weighted by Crippen LogP contribution is 2.41. The second-order valence-electron chi connectivity index (χ2n) is 8.22. The topological polar surface area (TPSA) is 92.5 Å². The molecule has 2 aliphatic heterocycles. The lowest BCUT2D eigenvalue weighted by Gasteiger charge is -2.31. The number of aliphatic hydroxyl groups is 1. The number of furan rings is 1. The zero-order chi connectivity index (χ0) is 23.4. The van der Waals surface area contributed by atoms with Gasteiger partial charge in [-0.25, -0.2) is 0 Å². The lowest BCUT2D eigenvalue weighted by Crippen LogP contribution is -2.40. The van der Waals surface area contributed by atoms with Crippen LogP contribution in [0.2, 0.25) is 0 Å². The number of Topliss-reactive ketones (excluding diaryl/α,β-unsaturated/α-hetero) is 1. The fourth-order valence-electron chi connectivity index (χ4n) is 4.56. The third-order valence-corrected chi connectivity index (χ3v) is 6.20. The van der Waals surface area contributed by atoms with Crippen molar-refractivity contribution in [3.8, 4) is 11.5 Å². The van der Waals surface area contributed by atoms with E-state index < -0.39 is 23.5 Å². The summed E-state index contributed by atoms with van der Waals surface area (Å²) in [6.07, 6.45) is 4.89. The first kappa shape index (κ1) is 22.9. The molecule has 1 atom stereocenters. The quantitative estimate of drug-likeness (QED) is 0.577.